The molecule has 1 aromatic heterocycles. The SMILES string of the molecule is CC(C)C1CCN(c2ccc(CN)cn2)C1. The normalized spacial score (nSPS) is 20.8. The van der Waals surface area contributed by atoms with Gasteiger partial charge in [-0.2, -0.15) is 0 Å². The average molecular weight is 219 g/mol. The van der Waals surface area contributed by atoms with Crippen LogP contribution in [0.3, 0.4) is 0 Å². The van der Waals surface area contributed by atoms with E-state index in [2.05, 4.69) is 35.9 Å². The molecule has 1 aliphatic heterocycles. The maximum atomic E-state index is 5.56. The molecule has 1 fully saturated rings. The van der Waals surface area contributed by atoms with E-state index in [0.717, 1.165) is 36.3 Å². The molecule has 88 valence electrons. The Morgan fingerprint density at radius 1 is 1.50 bits per heavy atom. The van der Waals surface area contributed by atoms with Crippen LogP contribution in [0.25, 0.3) is 0 Å². The molecule has 3 nitrogen and oxygen atoms in total. The van der Waals surface area contributed by atoms with E-state index < -0.39 is 0 Å². The Morgan fingerprint density at radius 2 is 2.31 bits per heavy atom. The number of hydrogen-bond acceptors (Lipinski definition) is 3. The third-order valence-corrected chi connectivity index (χ3v) is 3.54. The van der Waals surface area contributed by atoms with E-state index in [1.165, 1.54) is 6.42 Å². The summed E-state index contributed by atoms with van der Waals surface area (Å²) >= 11 is 0. The minimum absolute atomic E-state index is 0.571. The monoisotopic (exact) mass is 219 g/mol. The van der Waals surface area contributed by atoms with Crippen molar-refractivity contribution in [3.8, 4) is 0 Å². The van der Waals surface area contributed by atoms with Crippen LogP contribution in [0.2, 0.25) is 0 Å². The maximum Gasteiger partial charge on any atom is 0.128 e. The molecular formula is C13H21N3. The van der Waals surface area contributed by atoms with Crippen LogP contribution in [-0.2, 0) is 6.54 Å². The molecule has 1 saturated heterocycles. The number of aromatic nitrogens is 1. The van der Waals surface area contributed by atoms with Crippen LogP contribution in [-0.4, -0.2) is 18.1 Å². The van der Waals surface area contributed by atoms with Gasteiger partial charge in [-0.3, -0.25) is 0 Å². The zero-order valence-electron chi connectivity index (χ0n) is 10.2. The van der Waals surface area contributed by atoms with Crippen molar-refractivity contribution in [3.63, 3.8) is 0 Å². The summed E-state index contributed by atoms with van der Waals surface area (Å²) in [7, 11) is 0. The van der Waals surface area contributed by atoms with Gasteiger partial charge in [0.25, 0.3) is 0 Å². The molecular weight excluding hydrogens is 198 g/mol. The molecule has 0 bridgehead atoms. The third kappa shape index (κ3) is 2.35. The van der Waals surface area contributed by atoms with Gasteiger partial charge in [-0.1, -0.05) is 19.9 Å². The van der Waals surface area contributed by atoms with Crippen LogP contribution in [0.4, 0.5) is 5.82 Å². The summed E-state index contributed by atoms with van der Waals surface area (Å²) < 4.78 is 0. The number of anilines is 1. The van der Waals surface area contributed by atoms with Crippen LogP contribution >= 0.6 is 0 Å². The van der Waals surface area contributed by atoms with E-state index >= 15 is 0 Å². The van der Waals surface area contributed by atoms with Gasteiger partial charge in [-0.25, -0.2) is 4.98 Å². The van der Waals surface area contributed by atoms with Crippen molar-refractivity contribution in [2.75, 3.05) is 18.0 Å². The Balaban J connectivity index is 2.03. The van der Waals surface area contributed by atoms with Crippen LogP contribution in [0.15, 0.2) is 18.3 Å². The molecule has 16 heavy (non-hydrogen) atoms. The predicted molar refractivity (Wildman–Crippen MR) is 67.3 cm³/mol. The quantitative estimate of drug-likeness (QED) is 0.845. The maximum absolute atomic E-state index is 5.56. The highest BCUT2D eigenvalue weighted by Gasteiger charge is 2.25. The molecule has 1 atom stereocenters. The molecule has 2 heterocycles. The van der Waals surface area contributed by atoms with Gasteiger partial charge in [0, 0.05) is 25.8 Å². The Kier molecular flexibility index (Phi) is 3.44. The first-order chi connectivity index (χ1) is 7.70. The van der Waals surface area contributed by atoms with E-state index in [4.69, 9.17) is 5.73 Å². The summed E-state index contributed by atoms with van der Waals surface area (Å²) in [5.74, 6) is 2.68. The highest BCUT2D eigenvalue weighted by molar-refractivity contribution is 5.40. The van der Waals surface area contributed by atoms with Crippen molar-refractivity contribution in [1.82, 2.24) is 4.98 Å². The van der Waals surface area contributed by atoms with Gasteiger partial charge in [0.2, 0.25) is 0 Å². The van der Waals surface area contributed by atoms with E-state index in [1.807, 2.05) is 6.20 Å². The number of nitrogens with zero attached hydrogens (tertiary/aromatic N) is 2. The highest BCUT2D eigenvalue weighted by atomic mass is 15.2. The first-order valence-corrected chi connectivity index (χ1v) is 6.10. The van der Waals surface area contributed by atoms with Gasteiger partial charge in [0.15, 0.2) is 0 Å². The van der Waals surface area contributed by atoms with Crippen molar-refractivity contribution in [2.45, 2.75) is 26.8 Å². The minimum Gasteiger partial charge on any atom is -0.356 e. The number of hydrogen-bond donors (Lipinski definition) is 1. The van der Waals surface area contributed by atoms with Crippen molar-refractivity contribution in [1.29, 1.82) is 0 Å². The zero-order valence-corrected chi connectivity index (χ0v) is 10.2. The fourth-order valence-electron chi connectivity index (χ4n) is 2.26. The van der Waals surface area contributed by atoms with Crippen LogP contribution in [0.5, 0.6) is 0 Å². The van der Waals surface area contributed by atoms with E-state index in [9.17, 15) is 0 Å². The molecule has 0 spiro atoms. The van der Waals surface area contributed by atoms with Gasteiger partial charge in [-0.05, 0) is 29.9 Å². The molecule has 1 aromatic rings. The van der Waals surface area contributed by atoms with Gasteiger partial charge >= 0.3 is 0 Å². The molecule has 0 aliphatic carbocycles. The summed E-state index contributed by atoms with van der Waals surface area (Å²) in [6.45, 7) is 7.46. The van der Waals surface area contributed by atoms with Crippen molar-refractivity contribution in [3.05, 3.63) is 23.9 Å². The molecule has 2 N–H and O–H groups in total. The summed E-state index contributed by atoms with van der Waals surface area (Å²) in [5, 5.41) is 0. The topological polar surface area (TPSA) is 42.1 Å². The Bertz CT molecular complexity index is 332. The van der Waals surface area contributed by atoms with E-state index in [1.54, 1.807) is 0 Å². The largest absolute Gasteiger partial charge is 0.356 e. The summed E-state index contributed by atoms with van der Waals surface area (Å²) in [4.78, 5) is 6.85. The molecule has 2 rings (SSSR count). The smallest absolute Gasteiger partial charge is 0.128 e. The van der Waals surface area contributed by atoms with Gasteiger partial charge < -0.3 is 10.6 Å². The van der Waals surface area contributed by atoms with E-state index in [-0.39, 0.29) is 0 Å². The molecule has 1 aliphatic rings. The molecule has 0 saturated carbocycles. The summed E-state index contributed by atoms with van der Waals surface area (Å²) in [6, 6.07) is 4.16. The summed E-state index contributed by atoms with van der Waals surface area (Å²) in [5.41, 5.74) is 6.66. The second kappa shape index (κ2) is 4.83. The van der Waals surface area contributed by atoms with Crippen molar-refractivity contribution in [2.24, 2.45) is 17.6 Å². The lowest BCUT2D eigenvalue weighted by Gasteiger charge is -2.19. The van der Waals surface area contributed by atoms with Gasteiger partial charge in [-0.15, -0.1) is 0 Å². The fraction of sp³-hybridized carbons (Fsp3) is 0.615. The third-order valence-electron chi connectivity index (χ3n) is 3.54. The van der Waals surface area contributed by atoms with Crippen LogP contribution in [0, 0.1) is 11.8 Å². The zero-order chi connectivity index (χ0) is 11.5. The lowest BCUT2D eigenvalue weighted by Crippen LogP contribution is -2.22. The van der Waals surface area contributed by atoms with Gasteiger partial charge in [0.1, 0.15) is 5.82 Å². The molecule has 0 aromatic carbocycles. The van der Waals surface area contributed by atoms with Crippen LogP contribution < -0.4 is 10.6 Å². The second-order valence-electron chi connectivity index (χ2n) is 4.97. The Labute approximate surface area is 97.7 Å². The number of rotatable bonds is 3. The minimum atomic E-state index is 0.571. The van der Waals surface area contributed by atoms with E-state index in [0.29, 0.717) is 6.54 Å². The predicted octanol–water partition coefficient (Wildman–Crippen LogP) is 2.02. The fourth-order valence-corrected chi connectivity index (χ4v) is 2.26. The molecule has 0 radical (unpaired) electrons. The lowest BCUT2D eigenvalue weighted by atomic mass is 9.95. The van der Waals surface area contributed by atoms with Gasteiger partial charge in [0.05, 0.1) is 0 Å². The lowest BCUT2D eigenvalue weighted by molar-refractivity contribution is 0.422. The van der Waals surface area contributed by atoms with Crippen LogP contribution in [0.1, 0.15) is 25.8 Å². The second-order valence-corrected chi connectivity index (χ2v) is 4.97. The number of pyridine rings is 1. The molecule has 0 amide bonds. The first-order valence-electron chi connectivity index (χ1n) is 6.10. The Morgan fingerprint density at radius 3 is 2.81 bits per heavy atom. The highest BCUT2D eigenvalue weighted by Crippen LogP contribution is 2.26. The first kappa shape index (κ1) is 11.4. The Hall–Kier alpha value is -1.09. The standard InChI is InChI=1S/C13H21N3/c1-10(2)12-5-6-16(9-12)13-4-3-11(7-14)8-15-13/h3-4,8,10,12H,5-7,9,14H2,1-2H3. The summed E-state index contributed by atoms with van der Waals surface area (Å²) in [6.07, 6.45) is 3.18. The number of nitrogens with two attached hydrogens (primary N) is 1. The molecule has 3 heteroatoms. The average Bonchev–Trinajstić information content (AvgIpc) is 2.78. The van der Waals surface area contributed by atoms with Crippen molar-refractivity contribution < 1.29 is 0 Å². The van der Waals surface area contributed by atoms with Crippen molar-refractivity contribution >= 4 is 5.82 Å². The molecule has 1 unspecified atom stereocenters.